The van der Waals surface area contributed by atoms with Crippen LogP contribution in [0.2, 0.25) is 0 Å². The van der Waals surface area contributed by atoms with E-state index in [-0.39, 0.29) is 4.90 Å². The normalized spacial score (nSPS) is 11.7. The maximum atomic E-state index is 12.2. The minimum atomic E-state index is -3.66. The number of rotatable bonds is 5. The van der Waals surface area contributed by atoms with Gasteiger partial charge in [-0.15, -0.1) is 0 Å². The first kappa shape index (κ1) is 16.0. The van der Waals surface area contributed by atoms with Gasteiger partial charge in [0.15, 0.2) is 0 Å². The van der Waals surface area contributed by atoms with Gasteiger partial charge in [-0.05, 0) is 43.3 Å². The molecule has 2 aromatic carbocycles. The zero-order chi connectivity index (χ0) is 17.0. The van der Waals surface area contributed by atoms with Crippen LogP contribution >= 0.6 is 0 Å². The molecule has 1 heterocycles. The second-order valence-corrected chi connectivity index (χ2v) is 6.97. The van der Waals surface area contributed by atoms with Crippen molar-refractivity contribution < 1.29 is 8.42 Å². The van der Waals surface area contributed by atoms with E-state index in [1.165, 1.54) is 6.21 Å². The quantitative estimate of drug-likeness (QED) is 0.573. The fraction of sp³-hybridized carbons (Fsp3) is 0.0556. The number of hydrogen-bond donors (Lipinski definition) is 1. The monoisotopic (exact) mass is 339 g/mol. The zero-order valence-electron chi connectivity index (χ0n) is 13.1. The van der Waals surface area contributed by atoms with Crippen LogP contribution in [-0.4, -0.2) is 19.2 Å². The summed E-state index contributed by atoms with van der Waals surface area (Å²) in [6.45, 7) is 1.90. The second kappa shape index (κ2) is 6.72. The molecule has 0 atom stereocenters. The highest BCUT2D eigenvalue weighted by atomic mass is 32.2. The van der Waals surface area contributed by atoms with Gasteiger partial charge in [0.1, 0.15) is 0 Å². The first-order chi connectivity index (χ1) is 11.6. The minimum absolute atomic E-state index is 0.184. The van der Waals surface area contributed by atoms with E-state index in [9.17, 15) is 8.42 Å². The van der Waals surface area contributed by atoms with Gasteiger partial charge in [-0.25, -0.2) is 4.83 Å². The van der Waals surface area contributed by atoms with Crippen LogP contribution in [0, 0.1) is 6.92 Å². The zero-order valence-corrected chi connectivity index (χ0v) is 13.9. The van der Waals surface area contributed by atoms with Gasteiger partial charge in [-0.2, -0.15) is 13.5 Å². The number of hydrazone groups is 1. The Hall–Kier alpha value is -2.86. The summed E-state index contributed by atoms with van der Waals surface area (Å²) in [6, 6.07) is 20.1. The molecule has 0 unspecified atom stereocenters. The van der Waals surface area contributed by atoms with Crippen molar-refractivity contribution in [3.05, 3.63) is 84.2 Å². The molecule has 1 aromatic heterocycles. The van der Waals surface area contributed by atoms with Gasteiger partial charge in [0, 0.05) is 11.9 Å². The van der Waals surface area contributed by atoms with Crippen LogP contribution in [0.5, 0.6) is 0 Å². The summed E-state index contributed by atoms with van der Waals surface area (Å²) in [5.41, 5.74) is 2.75. The maximum Gasteiger partial charge on any atom is 0.276 e. The van der Waals surface area contributed by atoms with Gasteiger partial charge in [-0.3, -0.25) is 0 Å². The summed E-state index contributed by atoms with van der Waals surface area (Å²) in [5, 5.41) is 3.89. The molecule has 0 radical (unpaired) electrons. The average Bonchev–Trinajstić information content (AvgIpc) is 3.04. The number of sulfonamides is 1. The number of aromatic nitrogens is 1. The second-order valence-electron chi connectivity index (χ2n) is 5.30. The summed E-state index contributed by atoms with van der Waals surface area (Å²) in [7, 11) is -3.66. The van der Waals surface area contributed by atoms with Crippen molar-refractivity contribution in [2.45, 2.75) is 11.8 Å². The van der Waals surface area contributed by atoms with Crippen LogP contribution in [0.1, 0.15) is 11.3 Å². The molecular formula is C18H17N3O2S. The Morgan fingerprint density at radius 3 is 2.38 bits per heavy atom. The fourth-order valence-electron chi connectivity index (χ4n) is 2.26. The van der Waals surface area contributed by atoms with Crippen molar-refractivity contribution in [3.8, 4) is 5.69 Å². The van der Waals surface area contributed by atoms with Gasteiger partial charge >= 0.3 is 0 Å². The predicted molar refractivity (Wildman–Crippen MR) is 94.9 cm³/mol. The average molecular weight is 339 g/mol. The van der Waals surface area contributed by atoms with Crippen molar-refractivity contribution in [1.29, 1.82) is 0 Å². The van der Waals surface area contributed by atoms with E-state index in [2.05, 4.69) is 9.93 Å². The largest absolute Gasteiger partial charge is 0.316 e. The molecule has 0 bridgehead atoms. The number of hydrogen-bond acceptors (Lipinski definition) is 3. The van der Waals surface area contributed by atoms with E-state index in [0.717, 1.165) is 16.9 Å². The molecule has 0 aliphatic carbocycles. The fourth-order valence-corrected chi connectivity index (χ4v) is 3.05. The SMILES string of the molecule is Cc1ccc(S(=O)(=O)N/N=C\c2cccn2-c2ccccc2)cc1. The highest BCUT2D eigenvalue weighted by Gasteiger charge is 2.11. The third-order valence-corrected chi connectivity index (χ3v) is 4.75. The Kier molecular flexibility index (Phi) is 4.48. The Morgan fingerprint density at radius 2 is 1.67 bits per heavy atom. The van der Waals surface area contributed by atoms with E-state index < -0.39 is 10.0 Å². The van der Waals surface area contributed by atoms with Crippen LogP contribution in [0.15, 0.2) is 82.9 Å². The lowest BCUT2D eigenvalue weighted by atomic mass is 10.2. The lowest BCUT2D eigenvalue weighted by Crippen LogP contribution is -2.18. The van der Waals surface area contributed by atoms with Gasteiger partial charge in [0.2, 0.25) is 0 Å². The van der Waals surface area contributed by atoms with Crippen LogP contribution in [0.25, 0.3) is 5.69 Å². The lowest BCUT2D eigenvalue weighted by Gasteiger charge is -2.06. The number of aryl methyl sites for hydroxylation is 1. The molecule has 0 aliphatic heterocycles. The Morgan fingerprint density at radius 1 is 0.958 bits per heavy atom. The van der Waals surface area contributed by atoms with Crippen molar-refractivity contribution in [2.24, 2.45) is 5.10 Å². The topological polar surface area (TPSA) is 63.5 Å². The van der Waals surface area contributed by atoms with Crippen LogP contribution in [0.4, 0.5) is 0 Å². The van der Waals surface area contributed by atoms with Crippen LogP contribution < -0.4 is 4.83 Å². The lowest BCUT2D eigenvalue weighted by molar-refractivity contribution is 0.584. The summed E-state index contributed by atoms with van der Waals surface area (Å²) in [4.78, 5) is 2.42. The van der Waals surface area contributed by atoms with Gasteiger partial charge in [0.05, 0.1) is 16.8 Å². The first-order valence-electron chi connectivity index (χ1n) is 7.40. The molecular weight excluding hydrogens is 322 g/mol. The molecule has 6 heteroatoms. The molecule has 122 valence electrons. The predicted octanol–water partition coefficient (Wildman–Crippen LogP) is 3.10. The van der Waals surface area contributed by atoms with E-state index in [1.807, 2.05) is 60.2 Å². The van der Waals surface area contributed by atoms with E-state index in [0.29, 0.717) is 0 Å². The van der Waals surface area contributed by atoms with Crippen LogP contribution in [0.3, 0.4) is 0 Å². The molecule has 24 heavy (non-hydrogen) atoms. The summed E-state index contributed by atoms with van der Waals surface area (Å²) in [6.07, 6.45) is 3.38. The Labute approximate surface area is 141 Å². The smallest absolute Gasteiger partial charge is 0.276 e. The third kappa shape index (κ3) is 3.55. The molecule has 0 saturated carbocycles. The van der Waals surface area contributed by atoms with Crippen molar-refractivity contribution in [1.82, 2.24) is 9.40 Å². The molecule has 5 nitrogen and oxygen atoms in total. The van der Waals surface area contributed by atoms with Gasteiger partial charge in [-0.1, -0.05) is 35.9 Å². The van der Waals surface area contributed by atoms with E-state index >= 15 is 0 Å². The molecule has 0 amide bonds. The van der Waals surface area contributed by atoms with Crippen molar-refractivity contribution in [2.75, 3.05) is 0 Å². The third-order valence-electron chi connectivity index (χ3n) is 3.52. The molecule has 0 saturated heterocycles. The van der Waals surface area contributed by atoms with Crippen LogP contribution in [-0.2, 0) is 10.0 Å². The van der Waals surface area contributed by atoms with Gasteiger partial charge in [0.25, 0.3) is 10.0 Å². The first-order valence-corrected chi connectivity index (χ1v) is 8.89. The summed E-state index contributed by atoms with van der Waals surface area (Å²) >= 11 is 0. The molecule has 3 aromatic rings. The number of nitrogens with one attached hydrogen (secondary N) is 1. The summed E-state index contributed by atoms with van der Waals surface area (Å²) < 4.78 is 26.3. The van der Waals surface area contributed by atoms with Crippen molar-refractivity contribution in [3.63, 3.8) is 0 Å². The number of benzene rings is 2. The van der Waals surface area contributed by atoms with E-state index in [1.54, 1.807) is 24.3 Å². The Balaban J connectivity index is 1.78. The summed E-state index contributed by atoms with van der Waals surface area (Å²) in [5.74, 6) is 0. The highest BCUT2D eigenvalue weighted by Crippen LogP contribution is 2.12. The molecule has 3 rings (SSSR count). The molecule has 0 aliphatic rings. The standard InChI is InChI=1S/C18H17N3O2S/c1-15-9-11-18(12-10-15)24(22,23)20-19-14-17-8-5-13-21(17)16-6-3-2-4-7-16/h2-14,20H,1H3/b19-14-. The Bertz CT molecular complexity index is 943. The highest BCUT2D eigenvalue weighted by molar-refractivity contribution is 7.89. The minimum Gasteiger partial charge on any atom is -0.316 e. The van der Waals surface area contributed by atoms with Gasteiger partial charge < -0.3 is 4.57 Å². The van der Waals surface area contributed by atoms with Crippen molar-refractivity contribution >= 4 is 16.2 Å². The molecule has 1 N–H and O–H groups in total. The molecule has 0 spiro atoms. The number of para-hydroxylation sites is 1. The number of nitrogens with zero attached hydrogens (tertiary/aromatic N) is 2. The maximum absolute atomic E-state index is 12.2. The van der Waals surface area contributed by atoms with E-state index in [4.69, 9.17) is 0 Å². The molecule has 0 fully saturated rings.